The Morgan fingerprint density at radius 2 is 1.82 bits per heavy atom. The third-order valence-electron chi connectivity index (χ3n) is 4.23. The van der Waals surface area contributed by atoms with Gasteiger partial charge in [0, 0.05) is 25.6 Å². The number of rotatable bonds is 5. The predicted molar refractivity (Wildman–Crippen MR) is 98.9 cm³/mol. The molecule has 0 saturated carbocycles. The zero-order chi connectivity index (χ0) is 15.6. The summed E-state index contributed by atoms with van der Waals surface area (Å²) in [5, 5.41) is 2.21. The molecule has 0 saturated heterocycles. The number of aryl methyl sites for hydroxylation is 1. The summed E-state index contributed by atoms with van der Waals surface area (Å²) in [5.74, 6) is 0. The summed E-state index contributed by atoms with van der Waals surface area (Å²) in [5.41, 5.74) is 8.64. The van der Waals surface area contributed by atoms with E-state index >= 15 is 0 Å². The topological polar surface area (TPSA) is 26.0 Å². The zero-order valence-corrected chi connectivity index (χ0v) is 14.6. The highest BCUT2D eigenvalue weighted by atomic mass is 32.1. The molecule has 2 N–H and O–H groups in total. The van der Waals surface area contributed by atoms with Gasteiger partial charge >= 0.3 is 0 Å². The van der Waals surface area contributed by atoms with Crippen molar-refractivity contribution in [2.24, 2.45) is 5.73 Å². The molecule has 22 heavy (non-hydrogen) atoms. The van der Waals surface area contributed by atoms with E-state index in [-0.39, 0.29) is 5.41 Å². The predicted octanol–water partition coefficient (Wildman–Crippen LogP) is 5.44. The van der Waals surface area contributed by atoms with Gasteiger partial charge in [0.25, 0.3) is 0 Å². The largest absolute Gasteiger partial charge is 0.330 e. The van der Waals surface area contributed by atoms with Gasteiger partial charge in [-0.1, -0.05) is 37.3 Å². The van der Waals surface area contributed by atoms with Crippen LogP contribution in [0.15, 0.2) is 53.9 Å². The molecule has 114 valence electrons. The average Bonchev–Trinajstić information content (AvgIpc) is 3.17. The Bertz CT molecular complexity index is 742. The Morgan fingerprint density at radius 3 is 2.45 bits per heavy atom. The summed E-state index contributed by atoms with van der Waals surface area (Å²) in [6, 6.07) is 17.4. The number of thiophene rings is 2. The molecular weight excluding hydrogens is 306 g/mol. The van der Waals surface area contributed by atoms with E-state index in [4.69, 9.17) is 5.73 Å². The summed E-state index contributed by atoms with van der Waals surface area (Å²) in [6.45, 7) is 5.17. The van der Waals surface area contributed by atoms with Gasteiger partial charge in [-0.2, -0.15) is 0 Å². The van der Waals surface area contributed by atoms with Crippen LogP contribution in [0.5, 0.6) is 0 Å². The molecule has 1 aromatic carbocycles. The van der Waals surface area contributed by atoms with Crippen molar-refractivity contribution in [2.45, 2.75) is 25.7 Å². The van der Waals surface area contributed by atoms with Crippen LogP contribution in [0, 0.1) is 6.92 Å². The summed E-state index contributed by atoms with van der Waals surface area (Å²) < 4.78 is 0. The molecule has 2 heterocycles. The normalized spacial score (nSPS) is 14.0. The fourth-order valence-electron chi connectivity index (χ4n) is 2.99. The van der Waals surface area contributed by atoms with Gasteiger partial charge in [-0.25, -0.2) is 0 Å². The Morgan fingerprint density at radius 1 is 1.05 bits per heavy atom. The van der Waals surface area contributed by atoms with Crippen molar-refractivity contribution in [2.75, 3.05) is 6.54 Å². The van der Waals surface area contributed by atoms with E-state index in [9.17, 15) is 0 Å². The fourth-order valence-corrected chi connectivity index (χ4v) is 5.08. The lowest BCUT2D eigenvalue weighted by atomic mass is 9.76. The lowest BCUT2D eigenvalue weighted by Gasteiger charge is -2.30. The Balaban J connectivity index is 2.13. The van der Waals surface area contributed by atoms with Crippen LogP contribution in [0.3, 0.4) is 0 Å². The molecule has 0 spiro atoms. The van der Waals surface area contributed by atoms with Gasteiger partial charge in [0.05, 0.1) is 0 Å². The molecule has 0 aliphatic carbocycles. The minimum atomic E-state index is -0.0304. The quantitative estimate of drug-likeness (QED) is 0.663. The maximum Gasteiger partial charge on any atom is 0.0357 e. The van der Waals surface area contributed by atoms with Crippen molar-refractivity contribution < 1.29 is 0 Å². The van der Waals surface area contributed by atoms with Gasteiger partial charge in [0.15, 0.2) is 0 Å². The van der Waals surface area contributed by atoms with Crippen LogP contribution >= 0.6 is 22.7 Å². The molecule has 0 amide bonds. The van der Waals surface area contributed by atoms with Crippen LogP contribution in [-0.4, -0.2) is 6.54 Å². The summed E-state index contributed by atoms with van der Waals surface area (Å²) >= 11 is 3.71. The molecule has 1 atom stereocenters. The maximum atomic E-state index is 5.96. The van der Waals surface area contributed by atoms with E-state index in [1.807, 2.05) is 22.7 Å². The van der Waals surface area contributed by atoms with Gasteiger partial charge in [0.2, 0.25) is 0 Å². The highest BCUT2D eigenvalue weighted by Crippen LogP contribution is 2.45. The van der Waals surface area contributed by atoms with Crippen molar-refractivity contribution in [1.29, 1.82) is 0 Å². The number of benzene rings is 1. The van der Waals surface area contributed by atoms with Crippen LogP contribution in [0.25, 0.3) is 10.4 Å². The molecule has 0 aliphatic heterocycles. The molecule has 0 radical (unpaired) electrons. The third kappa shape index (κ3) is 2.76. The second-order valence-corrected chi connectivity index (χ2v) is 8.01. The Hall–Kier alpha value is -1.42. The van der Waals surface area contributed by atoms with E-state index in [0.29, 0.717) is 6.54 Å². The van der Waals surface area contributed by atoms with Gasteiger partial charge in [-0.15, -0.1) is 22.7 Å². The molecule has 3 heteroatoms. The molecule has 1 unspecified atom stereocenters. The van der Waals surface area contributed by atoms with E-state index in [1.54, 1.807) is 0 Å². The smallest absolute Gasteiger partial charge is 0.0357 e. The van der Waals surface area contributed by atoms with Gasteiger partial charge in [-0.3, -0.25) is 0 Å². The van der Waals surface area contributed by atoms with Gasteiger partial charge < -0.3 is 5.73 Å². The van der Waals surface area contributed by atoms with Gasteiger partial charge in [0.1, 0.15) is 0 Å². The minimum Gasteiger partial charge on any atom is -0.330 e. The summed E-state index contributed by atoms with van der Waals surface area (Å²) in [4.78, 5) is 4.13. The van der Waals surface area contributed by atoms with Gasteiger partial charge in [-0.05, 0) is 49.0 Å². The minimum absolute atomic E-state index is 0.0304. The van der Waals surface area contributed by atoms with E-state index in [0.717, 1.165) is 6.42 Å². The van der Waals surface area contributed by atoms with Crippen molar-refractivity contribution in [3.63, 3.8) is 0 Å². The molecule has 3 aromatic rings. The Kier molecular flexibility index (Phi) is 4.48. The number of nitrogens with two attached hydrogens (primary N) is 1. The first-order chi connectivity index (χ1) is 10.6. The molecule has 2 aromatic heterocycles. The highest BCUT2D eigenvalue weighted by Gasteiger charge is 2.32. The lowest BCUT2D eigenvalue weighted by molar-refractivity contribution is 0.539. The standard InChI is InChI=1S/C19H21NS2/c1-14-8-9-17(22-14)16-10-13-21-18(16)19(2,11-12-20)15-6-4-3-5-7-15/h3-10,13H,11-12,20H2,1-2H3. The average molecular weight is 328 g/mol. The molecule has 0 fully saturated rings. The molecule has 3 rings (SSSR count). The fraction of sp³-hybridized carbons (Fsp3) is 0.263. The summed E-state index contributed by atoms with van der Waals surface area (Å²) in [6.07, 6.45) is 0.953. The Labute approximate surface area is 140 Å². The van der Waals surface area contributed by atoms with Crippen LogP contribution in [0.2, 0.25) is 0 Å². The van der Waals surface area contributed by atoms with Crippen molar-refractivity contribution in [3.05, 3.63) is 69.2 Å². The van der Waals surface area contributed by atoms with Crippen molar-refractivity contribution >= 4 is 22.7 Å². The first-order valence-electron chi connectivity index (χ1n) is 7.55. The van der Waals surface area contributed by atoms with Crippen LogP contribution in [0.1, 0.15) is 28.7 Å². The second-order valence-electron chi connectivity index (χ2n) is 5.81. The number of hydrogen-bond acceptors (Lipinski definition) is 3. The zero-order valence-electron chi connectivity index (χ0n) is 13.0. The first kappa shape index (κ1) is 15.5. The first-order valence-corrected chi connectivity index (χ1v) is 9.25. The molecular formula is C19H21NS2. The lowest BCUT2D eigenvalue weighted by Crippen LogP contribution is -2.26. The van der Waals surface area contributed by atoms with E-state index in [2.05, 4.69) is 67.8 Å². The van der Waals surface area contributed by atoms with E-state index < -0.39 is 0 Å². The monoisotopic (exact) mass is 327 g/mol. The highest BCUT2D eigenvalue weighted by molar-refractivity contribution is 7.16. The molecule has 1 nitrogen and oxygen atoms in total. The summed E-state index contributed by atoms with van der Waals surface area (Å²) in [7, 11) is 0. The maximum absolute atomic E-state index is 5.96. The van der Waals surface area contributed by atoms with Crippen molar-refractivity contribution in [3.8, 4) is 10.4 Å². The van der Waals surface area contributed by atoms with Crippen LogP contribution in [-0.2, 0) is 5.41 Å². The molecule has 0 aliphatic rings. The second kappa shape index (κ2) is 6.37. The van der Waals surface area contributed by atoms with Crippen LogP contribution < -0.4 is 5.73 Å². The SMILES string of the molecule is Cc1ccc(-c2ccsc2C(C)(CCN)c2ccccc2)s1. The van der Waals surface area contributed by atoms with Crippen molar-refractivity contribution in [1.82, 2.24) is 0 Å². The van der Waals surface area contributed by atoms with Crippen LogP contribution in [0.4, 0.5) is 0 Å². The number of hydrogen-bond donors (Lipinski definition) is 1. The van der Waals surface area contributed by atoms with E-state index in [1.165, 1.54) is 25.8 Å². The molecule has 0 bridgehead atoms. The third-order valence-corrected chi connectivity index (χ3v) is 6.44.